The third-order valence-corrected chi connectivity index (χ3v) is 5.68. The third-order valence-electron chi connectivity index (χ3n) is 3.62. The molecule has 1 rings (SSSR count). The van der Waals surface area contributed by atoms with E-state index in [1.165, 1.54) is 0 Å². The van der Waals surface area contributed by atoms with E-state index >= 15 is 0 Å². The third kappa shape index (κ3) is 4.86. The predicted molar refractivity (Wildman–Crippen MR) is 76.1 cm³/mol. The Hall–Kier alpha value is -0.130. The average Bonchev–Trinajstić information content (AvgIpc) is 2.28. The van der Waals surface area contributed by atoms with Crippen LogP contribution in [0.3, 0.4) is 0 Å². The van der Waals surface area contributed by atoms with Crippen molar-refractivity contribution in [2.24, 2.45) is 5.92 Å². The summed E-state index contributed by atoms with van der Waals surface area (Å²) in [6.07, 6.45) is 3.79. The van der Waals surface area contributed by atoms with Gasteiger partial charge < -0.3 is 5.32 Å². The molecule has 1 heterocycles. The maximum atomic E-state index is 12.2. The van der Waals surface area contributed by atoms with Crippen LogP contribution >= 0.6 is 0 Å². The van der Waals surface area contributed by atoms with Gasteiger partial charge in [-0.05, 0) is 51.6 Å². The molecule has 4 nitrogen and oxygen atoms in total. The van der Waals surface area contributed by atoms with Crippen LogP contribution < -0.4 is 5.32 Å². The molecule has 2 unspecified atom stereocenters. The topological polar surface area (TPSA) is 49.4 Å². The lowest BCUT2D eigenvalue weighted by atomic mass is 9.95. The Kier molecular flexibility index (Phi) is 6.60. The van der Waals surface area contributed by atoms with Crippen molar-refractivity contribution in [1.82, 2.24) is 9.62 Å². The molecule has 0 amide bonds. The van der Waals surface area contributed by atoms with Gasteiger partial charge in [0.25, 0.3) is 0 Å². The fraction of sp³-hybridized carbons (Fsp3) is 1.00. The van der Waals surface area contributed by atoms with Gasteiger partial charge in [-0.25, -0.2) is 8.42 Å². The van der Waals surface area contributed by atoms with Crippen molar-refractivity contribution >= 4 is 10.0 Å². The minimum atomic E-state index is -3.05. The van der Waals surface area contributed by atoms with Gasteiger partial charge in [0.2, 0.25) is 10.0 Å². The minimum Gasteiger partial charge on any atom is -0.317 e. The molecule has 108 valence electrons. The fourth-order valence-electron chi connectivity index (χ4n) is 2.60. The Morgan fingerprint density at radius 1 is 1.28 bits per heavy atom. The van der Waals surface area contributed by atoms with E-state index in [9.17, 15) is 8.42 Å². The zero-order valence-electron chi connectivity index (χ0n) is 12.0. The first-order chi connectivity index (χ1) is 8.47. The van der Waals surface area contributed by atoms with Gasteiger partial charge in [0.1, 0.15) is 0 Å². The van der Waals surface area contributed by atoms with Crippen LogP contribution in [0, 0.1) is 5.92 Å². The van der Waals surface area contributed by atoms with Crippen LogP contribution in [0.2, 0.25) is 0 Å². The van der Waals surface area contributed by atoms with Gasteiger partial charge in [0, 0.05) is 12.6 Å². The van der Waals surface area contributed by atoms with Crippen LogP contribution in [0.4, 0.5) is 0 Å². The Morgan fingerprint density at radius 3 is 2.61 bits per heavy atom. The molecule has 0 bridgehead atoms. The molecule has 0 radical (unpaired) electrons. The van der Waals surface area contributed by atoms with Crippen molar-refractivity contribution < 1.29 is 8.42 Å². The van der Waals surface area contributed by atoms with E-state index < -0.39 is 10.0 Å². The maximum Gasteiger partial charge on any atom is 0.214 e. The van der Waals surface area contributed by atoms with Gasteiger partial charge in [-0.1, -0.05) is 13.8 Å². The molecule has 0 saturated carbocycles. The standard InChI is InChI=1S/C13H28N2O2S/c1-4-7-14-8-5-10-18(16,17)15-9-6-12(2)11-13(15)3/h12-14H,4-11H2,1-3H3. The van der Waals surface area contributed by atoms with Crippen LogP contribution in [-0.4, -0.2) is 44.2 Å². The second-order valence-electron chi connectivity index (χ2n) is 5.51. The number of nitrogens with one attached hydrogen (secondary N) is 1. The second kappa shape index (κ2) is 7.46. The normalized spacial score (nSPS) is 26.4. The molecule has 1 N–H and O–H groups in total. The smallest absolute Gasteiger partial charge is 0.214 e. The second-order valence-corrected chi connectivity index (χ2v) is 7.55. The Balaban J connectivity index is 2.38. The van der Waals surface area contributed by atoms with Crippen LogP contribution in [0.5, 0.6) is 0 Å². The SMILES string of the molecule is CCCNCCCS(=O)(=O)N1CCC(C)CC1C. The number of piperidine rings is 1. The molecule has 0 aromatic rings. The van der Waals surface area contributed by atoms with Crippen molar-refractivity contribution in [3.8, 4) is 0 Å². The Labute approximate surface area is 112 Å². The van der Waals surface area contributed by atoms with Gasteiger partial charge >= 0.3 is 0 Å². The summed E-state index contributed by atoms with van der Waals surface area (Å²) < 4.78 is 26.2. The maximum absolute atomic E-state index is 12.2. The van der Waals surface area contributed by atoms with E-state index in [0.717, 1.165) is 32.4 Å². The highest BCUT2D eigenvalue weighted by Crippen LogP contribution is 2.24. The van der Waals surface area contributed by atoms with Gasteiger partial charge in [0.05, 0.1) is 5.75 Å². The predicted octanol–water partition coefficient (Wildman–Crippen LogP) is 1.83. The molecule has 0 aliphatic carbocycles. The molecule has 1 aliphatic rings. The first kappa shape index (κ1) is 15.9. The largest absolute Gasteiger partial charge is 0.317 e. The van der Waals surface area contributed by atoms with E-state index in [4.69, 9.17) is 0 Å². The summed E-state index contributed by atoms with van der Waals surface area (Å²) in [4.78, 5) is 0. The van der Waals surface area contributed by atoms with Gasteiger partial charge in [-0.2, -0.15) is 4.31 Å². The number of hydrogen-bond donors (Lipinski definition) is 1. The lowest BCUT2D eigenvalue weighted by Gasteiger charge is -2.35. The quantitative estimate of drug-likeness (QED) is 0.722. The fourth-order valence-corrected chi connectivity index (χ4v) is 4.36. The zero-order valence-corrected chi connectivity index (χ0v) is 12.8. The van der Waals surface area contributed by atoms with E-state index in [0.29, 0.717) is 18.9 Å². The van der Waals surface area contributed by atoms with E-state index in [-0.39, 0.29) is 11.8 Å². The summed E-state index contributed by atoms with van der Waals surface area (Å²) in [5, 5.41) is 3.25. The molecule has 1 saturated heterocycles. The van der Waals surface area contributed by atoms with Crippen LogP contribution in [0.1, 0.15) is 46.5 Å². The van der Waals surface area contributed by atoms with Crippen LogP contribution in [0.25, 0.3) is 0 Å². The lowest BCUT2D eigenvalue weighted by molar-refractivity contribution is 0.220. The lowest BCUT2D eigenvalue weighted by Crippen LogP contribution is -2.45. The molecule has 0 spiro atoms. The molecule has 0 aromatic heterocycles. The molecular weight excluding hydrogens is 248 g/mol. The van der Waals surface area contributed by atoms with Crippen molar-refractivity contribution in [3.05, 3.63) is 0 Å². The van der Waals surface area contributed by atoms with Crippen molar-refractivity contribution in [2.45, 2.75) is 52.5 Å². The highest BCUT2D eigenvalue weighted by molar-refractivity contribution is 7.89. The number of rotatable bonds is 7. The molecular formula is C13H28N2O2S. The van der Waals surface area contributed by atoms with E-state index in [1.807, 2.05) is 6.92 Å². The van der Waals surface area contributed by atoms with Crippen LogP contribution in [-0.2, 0) is 10.0 Å². The average molecular weight is 276 g/mol. The van der Waals surface area contributed by atoms with Crippen molar-refractivity contribution in [3.63, 3.8) is 0 Å². The van der Waals surface area contributed by atoms with Gasteiger partial charge in [-0.15, -0.1) is 0 Å². The first-order valence-electron chi connectivity index (χ1n) is 7.17. The van der Waals surface area contributed by atoms with E-state index in [1.54, 1.807) is 4.31 Å². The Morgan fingerprint density at radius 2 is 2.00 bits per heavy atom. The number of hydrogen-bond acceptors (Lipinski definition) is 3. The Bertz CT molecular complexity index is 330. The summed E-state index contributed by atoms with van der Waals surface area (Å²) in [5.74, 6) is 0.931. The zero-order chi connectivity index (χ0) is 13.6. The summed E-state index contributed by atoms with van der Waals surface area (Å²) in [6, 6.07) is 0.169. The highest BCUT2D eigenvalue weighted by Gasteiger charge is 2.31. The number of sulfonamides is 1. The summed E-state index contributed by atoms with van der Waals surface area (Å²) >= 11 is 0. The highest BCUT2D eigenvalue weighted by atomic mass is 32.2. The molecule has 1 fully saturated rings. The first-order valence-corrected chi connectivity index (χ1v) is 8.78. The van der Waals surface area contributed by atoms with Gasteiger partial charge in [-0.3, -0.25) is 0 Å². The van der Waals surface area contributed by atoms with Gasteiger partial charge in [0.15, 0.2) is 0 Å². The summed E-state index contributed by atoms with van der Waals surface area (Å²) in [7, 11) is -3.05. The number of nitrogens with zero attached hydrogens (tertiary/aromatic N) is 1. The molecule has 18 heavy (non-hydrogen) atoms. The molecule has 1 aliphatic heterocycles. The van der Waals surface area contributed by atoms with Crippen LogP contribution in [0.15, 0.2) is 0 Å². The van der Waals surface area contributed by atoms with Crippen molar-refractivity contribution in [1.29, 1.82) is 0 Å². The molecule has 2 atom stereocenters. The van der Waals surface area contributed by atoms with E-state index in [2.05, 4.69) is 19.2 Å². The summed E-state index contributed by atoms with van der Waals surface area (Å²) in [6.45, 7) is 8.81. The van der Waals surface area contributed by atoms with Crippen molar-refractivity contribution in [2.75, 3.05) is 25.4 Å². The molecule has 0 aromatic carbocycles. The minimum absolute atomic E-state index is 0.169. The monoisotopic (exact) mass is 276 g/mol. The molecule has 5 heteroatoms. The summed E-state index contributed by atoms with van der Waals surface area (Å²) in [5.41, 5.74) is 0.